The number of aromatic nitrogens is 2. The van der Waals surface area contributed by atoms with E-state index < -0.39 is 0 Å². The summed E-state index contributed by atoms with van der Waals surface area (Å²) < 4.78 is 5.87. The molecular weight excluding hydrogens is 298 g/mol. The second-order valence-electron chi connectivity index (χ2n) is 3.38. The molecule has 2 aromatic heterocycles. The van der Waals surface area contributed by atoms with Gasteiger partial charge in [0.2, 0.25) is 5.88 Å². The molecule has 2 heterocycles. The quantitative estimate of drug-likeness (QED) is 0.946. The monoisotopic (exact) mass is 307 g/mol. The lowest BCUT2D eigenvalue weighted by Gasteiger charge is -2.08. The molecule has 0 unspecified atom stereocenters. The van der Waals surface area contributed by atoms with Crippen LogP contribution in [0.5, 0.6) is 5.88 Å². The number of anilines is 1. The first-order valence-corrected chi connectivity index (χ1v) is 5.92. The first kappa shape index (κ1) is 12.5. The summed E-state index contributed by atoms with van der Waals surface area (Å²) in [6, 6.07) is 6.81. The van der Waals surface area contributed by atoms with Crippen molar-refractivity contribution < 1.29 is 9.53 Å². The predicted molar refractivity (Wildman–Crippen MR) is 70.7 cm³/mol. The van der Waals surface area contributed by atoms with Crippen LogP contribution in [0, 0.1) is 0 Å². The number of methoxy groups -OCH3 is 1. The molecule has 0 fully saturated rings. The highest BCUT2D eigenvalue weighted by Crippen LogP contribution is 2.20. The lowest BCUT2D eigenvalue weighted by Crippen LogP contribution is -2.14. The molecule has 0 saturated carbocycles. The van der Waals surface area contributed by atoms with Crippen LogP contribution in [-0.2, 0) is 0 Å². The number of nitrogens with one attached hydrogen (secondary N) is 1. The van der Waals surface area contributed by atoms with Crippen molar-refractivity contribution in [3.05, 3.63) is 46.8 Å². The number of ether oxygens (including phenoxy) is 1. The molecule has 6 heteroatoms. The summed E-state index contributed by atoms with van der Waals surface area (Å²) in [5, 5.41) is 2.69. The molecule has 1 amide bonds. The minimum Gasteiger partial charge on any atom is -0.480 e. The van der Waals surface area contributed by atoms with Gasteiger partial charge in [-0.15, -0.1) is 0 Å². The van der Waals surface area contributed by atoms with Gasteiger partial charge < -0.3 is 10.1 Å². The molecule has 0 aliphatic heterocycles. The Morgan fingerprint density at radius 3 is 2.83 bits per heavy atom. The van der Waals surface area contributed by atoms with Crippen molar-refractivity contribution in [1.29, 1.82) is 0 Å². The molecule has 92 valence electrons. The number of amides is 1. The molecular formula is C12H10BrN3O2. The van der Waals surface area contributed by atoms with Gasteiger partial charge in [0.25, 0.3) is 5.91 Å². The average molecular weight is 308 g/mol. The van der Waals surface area contributed by atoms with E-state index >= 15 is 0 Å². The lowest BCUT2D eigenvalue weighted by molar-refractivity contribution is 0.102. The fourth-order valence-corrected chi connectivity index (χ4v) is 1.58. The lowest BCUT2D eigenvalue weighted by atomic mass is 10.3. The predicted octanol–water partition coefficient (Wildman–Crippen LogP) is 2.50. The van der Waals surface area contributed by atoms with Crippen molar-refractivity contribution in [2.75, 3.05) is 12.4 Å². The average Bonchev–Trinajstić information content (AvgIpc) is 2.40. The Balaban J connectivity index is 2.18. The molecule has 0 radical (unpaired) electrons. The number of hydrogen-bond acceptors (Lipinski definition) is 4. The second-order valence-corrected chi connectivity index (χ2v) is 4.29. The summed E-state index contributed by atoms with van der Waals surface area (Å²) in [5.74, 6) is 0.0526. The standard InChI is InChI=1S/C12H10BrN3O2/c1-18-12-10(3-2-6-14-12)16-11(17)9-5-4-8(13)7-15-9/h2-7H,1H3,(H,16,17). The maximum absolute atomic E-state index is 11.9. The molecule has 2 rings (SSSR count). The van der Waals surface area contributed by atoms with Gasteiger partial charge in [-0.1, -0.05) is 0 Å². The summed E-state index contributed by atoms with van der Waals surface area (Å²) in [6.45, 7) is 0. The van der Waals surface area contributed by atoms with Gasteiger partial charge in [-0.2, -0.15) is 0 Å². The van der Waals surface area contributed by atoms with Gasteiger partial charge in [0, 0.05) is 16.9 Å². The van der Waals surface area contributed by atoms with Crippen molar-refractivity contribution in [2.24, 2.45) is 0 Å². The molecule has 1 N–H and O–H groups in total. The third-order valence-corrected chi connectivity index (χ3v) is 2.64. The SMILES string of the molecule is COc1ncccc1NC(=O)c1ccc(Br)cn1. The third-order valence-electron chi connectivity index (χ3n) is 2.17. The largest absolute Gasteiger partial charge is 0.480 e. The summed E-state index contributed by atoms with van der Waals surface area (Å²) in [6.07, 6.45) is 3.15. The Labute approximate surface area is 112 Å². The van der Waals surface area contributed by atoms with E-state index in [1.807, 2.05) is 0 Å². The van der Waals surface area contributed by atoms with Crippen LogP contribution in [0.1, 0.15) is 10.5 Å². The molecule has 18 heavy (non-hydrogen) atoms. The van der Waals surface area contributed by atoms with Crippen LogP contribution < -0.4 is 10.1 Å². The van der Waals surface area contributed by atoms with Crippen molar-refractivity contribution in [2.45, 2.75) is 0 Å². The summed E-state index contributed by atoms with van der Waals surface area (Å²) in [5.41, 5.74) is 0.832. The highest BCUT2D eigenvalue weighted by molar-refractivity contribution is 9.10. The number of rotatable bonds is 3. The zero-order chi connectivity index (χ0) is 13.0. The zero-order valence-electron chi connectivity index (χ0n) is 9.55. The van der Waals surface area contributed by atoms with Gasteiger partial charge in [-0.25, -0.2) is 9.97 Å². The summed E-state index contributed by atoms with van der Waals surface area (Å²) in [7, 11) is 1.50. The Morgan fingerprint density at radius 2 is 2.17 bits per heavy atom. The van der Waals surface area contributed by atoms with Gasteiger partial charge in [-0.05, 0) is 40.2 Å². The molecule has 0 bridgehead atoms. The topological polar surface area (TPSA) is 64.1 Å². The Bertz CT molecular complexity index is 558. The van der Waals surface area contributed by atoms with Crippen LogP contribution in [0.3, 0.4) is 0 Å². The van der Waals surface area contributed by atoms with Gasteiger partial charge in [0.05, 0.1) is 7.11 Å². The van der Waals surface area contributed by atoms with Gasteiger partial charge in [0.15, 0.2) is 0 Å². The highest BCUT2D eigenvalue weighted by Gasteiger charge is 2.10. The van der Waals surface area contributed by atoms with Crippen LogP contribution in [-0.4, -0.2) is 23.0 Å². The van der Waals surface area contributed by atoms with Crippen molar-refractivity contribution in [3.8, 4) is 5.88 Å². The van der Waals surface area contributed by atoms with Crippen LogP contribution in [0.25, 0.3) is 0 Å². The van der Waals surface area contributed by atoms with E-state index in [1.165, 1.54) is 7.11 Å². The van der Waals surface area contributed by atoms with Gasteiger partial charge >= 0.3 is 0 Å². The molecule has 2 aromatic rings. The Morgan fingerprint density at radius 1 is 1.33 bits per heavy atom. The molecule has 0 spiro atoms. The number of hydrogen-bond donors (Lipinski definition) is 1. The maximum Gasteiger partial charge on any atom is 0.274 e. The van der Waals surface area contributed by atoms with E-state index in [4.69, 9.17) is 4.74 Å². The van der Waals surface area contributed by atoms with E-state index in [0.717, 1.165) is 4.47 Å². The maximum atomic E-state index is 11.9. The van der Waals surface area contributed by atoms with Crippen LogP contribution in [0.15, 0.2) is 41.1 Å². The fraction of sp³-hybridized carbons (Fsp3) is 0.0833. The smallest absolute Gasteiger partial charge is 0.274 e. The second kappa shape index (κ2) is 5.59. The van der Waals surface area contributed by atoms with E-state index in [9.17, 15) is 4.79 Å². The number of nitrogens with zero attached hydrogens (tertiary/aromatic N) is 2. The molecule has 0 aromatic carbocycles. The summed E-state index contributed by atoms with van der Waals surface area (Å²) >= 11 is 3.26. The minimum atomic E-state index is -0.311. The molecule has 0 saturated heterocycles. The van der Waals surface area contributed by atoms with E-state index in [-0.39, 0.29) is 5.91 Å². The molecule has 0 aliphatic rings. The van der Waals surface area contributed by atoms with E-state index in [2.05, 4.69) is 31.2 Å². The molecule has 5 nitrogen and oxygen atoms in total. The summed E-state index contributed by atoms with van der Waals surface area (Å²) in [4.78, 5) is 19.9. The number of carbonyl (C=O) groups excluding carboxylic acids is 1. The van der Waals surface area contributed by atoms with E-state index in [0.29, 0.717) is 17.3 Å². The van der Waals surface area contributed by atoms with Gasteiger partial charge in [-0.3, -0.25) is 4.79 Å². The Hall–Kier alpha value is -1.95. The molecule has 0 atom stereocenters. The van der Waals surface area contributed by atoms with E-state index in [1.54, 1.807) is 36.7 Å². The highest BCUT2D eigenvalue weighted by atomic mass is 79.9. The van der Waals surface area contributed by atoms with Crippen LogP contribution >= 0.6 is 15.9 Å². The number of halogens is 1. The van der Waals surface area contributed by atoms with Gasteiger partial charge in [0.1, 0.15) is 11.4 Å². The van der Waals surface area contributed by atoms with Crippen molar-refractivity contribution in [3.63, 3.8) is 0 Å². The van der Waals surface area contributed by atoms with Crippen molar-refractivity contribution in [1.82, 2.24) is 9.97 Å². The van der Waals surface area contributed by atoms with Crippen LogP contribution in [0.2, 0.25) is 0 Å². The van der Waals surface area contributed by atoms with Crippen LogP contribution in [0.4, 0.5) is 5.69 Å². The zero-order valence-corrected chi connectivity index (χ0v) is 11.1. The number of pyridine rings is 2. The minimum absolute atomic E-state index is 0.311. The first-order valence-electron chi connectivity index (χ1n) is 5.12. The molecule has 0 aliphatic carbocycles. The first-order chi connectivity index (χ1) is 8.70. The van der Waals surface area contributed by atoms with Crippen molar-refractivity contribution >= 4 is 27.5 Å². The normalized spacial score (nSPS) is 9.89. The third kappa shape index (κ3) is 2.84. The Kier molecular flexibility index (Phi) is 3.88. The number of carbonyl (C=O) groups is 1. The fourth-order valence-electron chi connectivity index (χ4n) is 1.35.